The fourth-order valence-electron chi connectivity index (χ4n) is 3.78. The lowest BCUT2D eigenvalue weighted by atomic mass is 9.78. The van der Waals surface area contributed by atoms with Crippen molar-refractivity contribution in [2.24, 2.45) is 11.8 Å². The number of hydrogen-bond acceptors (Lipinski definition) is 1. The van der Waals surface area contributed by atoms with Gasteiger partial charge < -0.3 is 4.74 Å². The summed E-state index contributed by atoms with van der Waals surface area (Å²) in [5, 5.41) is 0. The summed E-state index contributed by atoms with van der Waals surface area (Å²) in [6, 6.07) is -0.00864. The summed E-state index contributed by atoms with van der Waals surface area (Å²) in [5.74, 6) is 1.84. The summed E-state index contributed by atoms with van der Waals surface area (Å²) in [5.41, 5.74) is 0.533. The average Bonchev–Trinajstić information content (AvgIpc) is 2.67. The molecule has 0 unspecified atom stereocenters. The molecular weight excluding hydrogens is 280 g/mol. The Labute approximate surface area is 149 Å². The molecule has 0 heterocycles. The summed E-state index contributed by atoms with van der Waals surface area (Å²) < 4.78 is 37.2. The predicted molar refractivity (Wildman–Crippen MR) is 100 cm³/mol. The van der Waals surface area contributed by atoms with E-state index in [2.05, 4.69) is 6.92 Å². The number of methoxy groups -OCH3 is 1. The maximum absolute atomic E-state index is 8.13. The third-order valence-electron chi connectivity index (χ3n) is 5.33. The van der Waals surface area contributed by atoms with E-state index in [1.807, 2.05) is 0 Å². The Bertz CT molecular complexity index is 565. The summed E-state index contributed by atoms with van der Waals surface area (Å²) in [7, 11) is 1.39. The highest BCUT2D eigenvalue weighted by molar-refractivity contribution is 5.27. The zero-order chi connectivity index (χ0) is 19.8. The van der Waals surface area contributed by atoms with Gasteiger partial charge in [-0.25, -0.2) is 0 Å². The first-order chi connectivity index (χ1) is 13.0. The van der Waals surface area contributed by atoms with Crippen molar-refractivity contribution in [3.8, 4) is 5.75 Å². The second-order valence-corrected chi connectivity index (χ2v) is 7.14. The van der Waals surface area contributed by atoms with Crippen LogP contribution >= 0.6 is 0 Å². The van der Waals surface area contributed by atoms with E-state index in [9.17, 15) is 0 Å². The summed E-state index contributed by atoms with van der Waals surface area (Å²) in [4.78, 5) is 0. The van der Waals surface area contributed by atoms with E-state index >= 15 is 0 Å². The molecule has 1 aromatic carbocycles. The molecule has 0 spiro atoms. The Hall–Kier alpha value is -0.980. The molecule has 0 bridgehead atoms. The largest absolute Gasteiger partial charge is 0.497 e. The van der Waals surface area contributed by atoms with Crippen molar-refractivity contribution in [1.29, 1.82) is 0 Å². The molecule has 0 aliphatic heterocycles. The molecule has 1 fully saturated rings. The zero-order valence-corrected chi connectivity index (χ0v) is 15.0. The van der Waals surface area contributed by atoms with Gasteiger partial charge in [0.15, 0.2) is 0 Å². The Kier molecular flexibility index (Phi) is 6.22. The van der Waals surface area contributed by atoms with Crippen LogP contribution in [0, 0.1) is 11.8 Å². The Morgan fingerprint density at radius 1 is 0.913 bits per heavy atom. The van der Waals surface area contributed by atoms with Gasteiger partial charge in [0.1, 0.15) is 5.75 Å². The fraction of sp³-hybridized carbons (Fsp3) is 0.727. The number of unbranched alkanes of at least 4 members (excludes halogenated alkanes) is 3. The highest BCUT2D eigenvalue weighted by atomic mass is 16.5. The van der Waals surface area contributed by atoms with E-state index in [4.69, 9.17) is 10.2 Å². The summed E-state index contributed by atoms with van der Waals surface area (Å²) in [6.07, 6.45) is 14.9. The van der Waals surface area contributed by atoms with E-state index in [1.54, 1.807) is 0 Å². The molecule has 0 saturated heterocycles. The molecule has 0 N–H and O–H groups in total. The topological polar surface area (TPSA) is 9.23 Å². The highest BCUT2D eigenvalue weighted by Crippen LogP contribution is 2.34. The molecule has 1 nitrogen and oxygen atoms in total. The van der Waals surface area contributed by atoms with Gasteiger partial charge in [0.2, 0.25) is 0 Å². The minimum Gasteiger partial charge on any atom is -0.497 e. The zero-order valence-electron chi connectivity index (χ0n) is 19.0. The molecular formula is C22H36O. The molecule has 1 aliphatic carbocycles. The Balaban J connectivity index is 1.75. The van der Waals surface area contributed by atoms with Gasteiger partial charge in [0.25, 0.3) is 0 Å². The second-order valence-electron chi connectivity index (χ2n) is 7.14. The molecule has 23 heavy (non-hydrogen) atoms. The monoisotopic (exact) mass is 320 g/mol. The molecule has 1 saturated carbocycles. The number of benzene rings is 1. The standard InChI is InChI=1S/C22H36O/c1-3-4-5-8-19-11-13-20(14-12-19)9-6-7-10-21-15-17-22(23-2)18-16-21/h15-20H,3-14H2,1-2H3/i15D,16D,17D,18D. The summed E-state index contributed by atoms with van der Waals surface area (Å²) in [6.45, 7) is 2.27. The van der Waals surface area contributed by atoms with Crippen molar-refractivity contribution in [2.75, 3.05) is 7.11 Å². The van der Waals surface area contributed by atoms with Crippen LogP contribution in [-0.4, -0.2) is 7.11 Å². The maximum Gasteiger partial charge on any atom is 0.118 e. The average molecular weight is 321 g/mol. The predicted octanol–water partition coefficient (Wildman–Crippen LogP) is 6.79. The van der Waals surface area contributed by atoms with E-state index in [0.717, 1.165) is 24.7 Å². The van der Waals surface area contributed by atoms with Crippen LogP contribution in [0.4, 0.5) is 0 Å². The smallest absolute Gasteiger partial charge is 0.118 e. The van der Waals surface area contributed by atoms with Crippen molar-refractivity contribution >= 4 is 0 Å². The molecule has 130 valence electrons. The molecule has 0 aromatic heterocycles. The first kappa shape index (κ1) is 13.3. The second kappa shape index (κ2) is 10.7. The molecule has 0 atom stereocenters. The van der Waals surface area contributed by atoms with Crippen LogP contribution in [0.2, 0.25) is 0 Å². The number of hydrogen-bond donors (Lipinski definition) is 0. The van der Waals surface area contributed by atoms with Crippen LogP contribution in [0.1, 0.15) is 88.6 Å². The maximum atomic E-state index is 8.13. The highest BCUT2D eigenvalue weighted by Gasteiger charge is 2.20. The SMILES string of the molecule is [2H]c1c([2H])c(OC)c([2H])c([2H])c1CCCCC1CCC(CCCCC)CC1. The van der Waals surface area contributed by atoms with Gasteiger partial charge in [-0.05, 0) is 42.3 Å². The van der Waals surface area contributed by atoms with Crippen LogP contribution in [-0.2, 0) is 6.42 Å². The van der Waals surface area contributed by atoms with E-state index < -0.39 is 0 Å². The molecule has 0 radical (unpaired) electrons. The van der Waals surface area contributed by atoms with Crippen LogP contribution in [0.25, 0.3) is 0 Å². The van der Waals surface area contributed by atoms with Gasteiger partial charge in [-0.15, -0.1) is 0 Å². The Morgan fingerprint density at radius 3 is 2.00 bits per heavy atom. The molecule has 0 amide bonds. The van der Waals surface area contributed by atoms with Crippen LogP contribution in [0.3, 0.4) is 0 Å². The lowest BCUT2D eigenvalue weighted by molar-refractivity contribution is 0.245. The van der Waals surface area contributed by atoms with Gasteiger partial charge in [0, 0.05) is 0 Å². The fourth-order valence-corrected chi connectivity index (χ4v) is 3.78. The van der Waals surface area contributed by atoms with Crippen molar-refractivity contribution < 1.29 is 10.2 Å². The number of rotatable bonds is 10. The minimum absolute atomic E-state index is 0.0458. The van der Waals surface area contributed by atoms with Gasteiger partial charge in [-0.3, -0.25) is 0 Å². The van der Waals surface area contributed by atoms with Crippen molar-refractivity contribution in [3.63, 3.8) is 0 Å². The molecule has 1 aliphatic rings. The van der Waals surface area contributed by atoms with E-state index in [0.29, 0.717) is 12.0 Å². The van der Waals surface area contributed by atoms with Crippen LogP contribution in [0.5, 0.6) is 5.75 Å². The quantitative estimate of drug-likeness (QED) is 0.431. The molecule has 1 heteroatoms. The lowest BCUT2D eigenvalue weighted by Crippen LogP contribution is -2.14. The van der Waals surface area contributed by atoms with Gasteiger partial charge in [0.05, 0.1) is 12.6 Å². The Morgan fingerprint density at radius 2 is 1.48 bits per heavy atom. The van der Waals surface area contributed by atoms with Crippen molar-refractivity contribution in [2.45, 2.75) is 84.0 Å². The molecule has 2 rings (SSSR count). The first-order valence-electron chi connectivity index (χ1n) is 11.6. The first-order valence-corrected chi connectivity index (χ1v) is 9.62. The van der Waals surface area contributed by atoms with Crippen molar-refractivity contribution in [3.05, 3.63) is 29.7 Å². The summed E-state index contributed by atoms with van der Waals surface area (Å²) >= 11 is 0. The molecule has 1 aromatic rings. The van der Waals surface area contributed by atoms with Crippen LogP contribution in [0.15, 0.2) is 24.2 Å². The van der Waals surface area contributed by atoms with Crippen molar-refractivity contribution in [1.82, 2.24) is 0 Å². The van der Waals surface area contributed by atoms with Gasteiger partial charge in [-0.2, -0.15) is 0 Å². The minimum atomic E-state index is -0.0603. The van der Waals surface area contributed by atoms with Gasteiger partial charge in [-0.1, -0.05) is 83.2 Å². The lowest BCUT2D eigenvalue weighted by Gasteiger charge is -2.28. The third-order valence-corrected chi connectivity index (χ3v) is 5.33. The van der Waals surface area contributed by atoms with Gasteiger partial charge >= 0.3 is 0 Å². The van der Waals surface area contributed by atoms with E-state index in [1.165, 1.54) is 64.9 Å². The number of ether oxygens (including phenoxy) is 1. The van der Waals surface area contributed by atoms with Crippen LogP contribution < -0.4 is 4.74 Å². The third kappa shape index (κ3) is 6.97. The normalized spacial score (nSPS) is 23.7. The van der Waals surface area contributed by atoms with E-state index in [-0.39, 0.29) is 29.9 Å².